The minimum Gasteiger partial charge on any atom is -1.00 e. The molecule has 0 radical (unpaired) electrons. The van der Waals surface area contributed by atoms with Gasteiger partial charge in [-0.1, -0.05) is 47.5 Å². The Morgan fingerprint density at radius 1 is 0.400 bits per heavy atom. The molecule has 0 amide bonds. The van der Waals surface area contributed by atoms with Gasteiger partial charge in [0.25, 0.3) is 0 Å². The van der Waals surface area contributed by atoms with Crippen LogP contribution in [0.5, 0.6) is 0 Å². The maximum atomic E-state index is 2.12. The normalized spacial score (nSPS) is 8.64. The van der Waals surface area contributed by atoms with Crippen molar-refractivity contribution in [1.29, 1.82) is 0 Å². The second-order valence-corrected chi connectivity index (χ2v) is 5.08. The van der Waals surface area contributed by atoms with Gasteiger partial charge in [-0.3, -0.25) is 0 Å². The summed E-state index contributed by atoms with van der Waals surface area (Å²) in [6.45, 7) is 0. The van der Waals surface area contributed by atoms with Gasteiger partial charge in [-0.25, -0.2) is 0 Å². The molecule has 0 bridgehead atoms. The van der Waals surface area contributed by atoms with Gasteiger partial charge in [0.1, 0.15) is 0 Å². The maximum Gasteiger partial charge on any atom is 4.00 e. The van der Waals surface area contributed by atoms with Crippen molar-refractivity contribution in [2.75, 3.05) is 0 Å². The van der Waals surface area contributed by atoms with E-state index in [1.54, 1.807) is 0 Å². The Balaban J connectivity index is 0.000000411. The molecule has 0 aliphatic rings. The van der Waals surface area contributed by atoms with Gasteiger partial charge in [-0.2, -0.15) is 24.3 Å². The molecule has 0 saturated carbocycles. The molecule has 0 nitrogen and oxygen atoms in total. The molecule has 0 saturated heterocycles. The van der Waals surface area contributed by atoms with E-state index in [0.29, 0.717) is 0 Å². The topological polar surface area (TPSA) is 0 Å². The Morgan fingerprint density at radius 2 is 0.680 bits per heavy atom. The van der Waals surface area contributed by atoms with Crippen LogP contribution in [-0.4, -0.2) is 0 Å². The van der Waals surface area contributed by atoms with Crippen LogP contribution in [0.3, 0.4) is 0 Å². The van der Waals surface area contributed by atoms with E-state index in [0.717, 1.165) is 0 Å². The van der Waals surface area contributed by atoms with Gasteiger partial charge < -0.3 is 24.8 Å². The molecule has 0 atom stereocenters. The summed E-state index contributed by atoms with van der Waals surface area (Å²) in [6, 6.07) is 37.5. The van der Waals surface area contributed by atoms with Gasteiger partial charge >= 0.3 is 21.7 Å². The molecule has 3 heteroatoms. The number of rotatable bonds is 2. The molecule has 0 spiro atoms. The third kappa shape index (κ3) is 7.06. The average molecular weight is 401 g/mol. The average Bonchev–Trinajstić information content (AvgIpc) is 3.31. The molecule has 0 unspecified atom stereocenters. The number of hydrogen-bond acceptors (Lipinski definition) is 0. The molecule has 0 fully saturated rings. The van der Waals surface area contributed by atoms with Crippen LogP contribution in [0.15, 0.2) is 109 Å². The standard InChI is InChI=1S/2C11H9.2ClH.Ti/c2*1-2-6-10(7-3-1)11-8-4-5-9-11;;;/h2*1-9H;2*1H;/q2*-1;;;+4/p-2. The van der Waals surface area contributed by atoms with Gasteiger partial charge in [-0.15, -0.1) is 59.7 Å². The summed E-state index contributed by atoms with van der Waals surface area (Å²) in [4.78, 5) is 0. The molecule has 0 aliphatic carbocycles. The number of halogens is 2. The Hall–Kier alpha value is -1.57. The third-order valence-corrected chi connectivity index (χ3v) is 3.54. The summed E-state index contributed by atoms with van der Waals surface area (Å²) in [6.07, 6.45) is 0. The molecule has 4 rings (SSSR count). The van der Waals surface area contributed by atoms with Crippen LogP contribution < -0.4 is 24.8 Å². The van der Waals surface area contributed by atoms with Crippen LogP contribution >= 0.6 is 0 Å². The van der Waals surface area contributed by atoms with E-state index in [4.69, 9.17) is 0 Å². The van der Waals surface area contributed by atoms with Crippen molar-refractivity contribution in [2.24, 2.45) is 0 Å². The Labute approximate surface area is 177 Å². The minimum absolute atomic E-state index is 0. The summed E-state index contributed by atoms with van der Waals surface area (Å²) in [7, 11) is 0. The second kappa shape index (κ2) is 12.7. The zero-order valence-corrected chi connectivity index (χ0v) is 16.7. The first kappa shape index (κ1) is 23.4. The Morgan fingerprint density at radius 3 is 0.960 bits per heavy atom. The molecule has 0 heterocycles. The predicted molar refractivity (Wildman–Crippen MR) is 94.9 cm³/mol. The van der Waals surface area contributed by atoms with Crippen molar-refractivity contribution < 1.29 is 46.5 Å². The van der Waals surface area contributed by atoms with Crippen LogP contribution in [0.4, 0.5) is 0 Å². The van der Waals surface area contributed by atoms with E-state index < -0.39 is 0 Å². The van der Waals surface area contributed by atoms with Crippen LogP contribution in [0.25, 0.3) is 22.3 Å². The van der Waals surface area contributed by atoms with Crippen molar-refractivity contribution in [2.45, 2.75) is 0 Å². The maximum absolute atomic E-state index is 2.12. The van der Waals surface area contributed by atoms with Crippen LogP contribution in [0.2, 0.25) is 0 Å². The van der Waals surface area contributed by atoms with E-state index in [9.17, 15) is 0 Å². The summed E-state index contributed by atoms with van der Waals surface area (Å²) in [5.74, 6) is 0. The number of benzene rings is 2. The van der Waals surface area contributed by atoms with Gasteiger partial charge in [0, 0.05) is 0 Å². The first-order chi connectivity index (χ1) is 10.9. The largest absolute Gasteiger partial charge is 4.00 e. The molecule has 4 aromatic rings. The van der Waals surface area contributed by atoms with Gasteiger partial charge in [0.15, 0.2) is 0 Å². The minimum atomic E-state index is 0. The zero-order valence-electron chi connectivity index (χ0n) is 13.6. The smallest absolute Gasteiger partial charge is 1.00 e. The molecule has 124 valence electrons. The molecule has 25 heavy (non-hydrogen) atoms. The molecule has 0 N–H and O–H groups in total. The van der Waals surface area contributed by atoms with Crippen LogP contribution in [0, 0.1) is 0 Å². The third-order valence-electron chi connectivity index (χ3n) is 3.54. The van der Waals surface area contributed by atoms with Crippen molar-refractivity contribution in [3.63, 3.8) is 0 Å². The molecule has 4 aromatic carbocycles. The van der Waals surface area contributed by atoms with E-state index in [-0.39, 0.29) is 46.5 Å². The van der Waals surface area contributed by atoms with E-state index >= 15 is 0 Å². The van der Waals surface area contributed by atoms with E-state index in [2.05, 4.69) is 97.1 Å². The fourth-order valence-corrected chi connectivity index (χ4v) is 2.39. The second-order valence-electron chi connectivity index (χ2n) is 5.08. The Bertz CT molecular complexity index is 692. The number of hydrogen-bond donors (Lipinski definition) is 0. The van der Waals surface area contributed by atoms with E-state index in [1.807, 2.05) is 12.1 Å². The van der Waals surface area contributed by atoms with Crippen molar-refractivity contribution >= 4 is 0 Å². The quantitative estimate of drug-likeness (QED) is 0.332. The summed E-state index contributed by atoms with van der Waals surface area (Å²) >= 11 is 0. The van der Waals surface area contributed by atoms with Crippen LogP contribution in [0.1, 0.15) is 0 Å². The fourth-order valence-electron chi connectivity index (χ4n) is 2.39. The Kier molecular flexibility index (Phi) is 11.9. The first-order valence-corrected chi connectivity index (χ1v) is 7.48. The first-order valence-electron chi connectivity index (χ1n) is 7.48. The monoisotopic (exact) mass is 400 g/mol. The van der Waals surface area contributed by atoms with Crippen molar-refractivity contribution in [3.8, 4) is 22.3 Å². The summed E-state index contributed by atoms with van der Waals surface area (Å²) < 4.78 is 0. The molecule has 0 aliphatic heterocycles. The van der Waals surface area contributed by atoms with Crippen molar-refractivity contribution in [3.05, 3.63) is 109 Å². The summed E-state index contributed by atoms with van der Waals surface area (Å²) in [5, 5.41) is 0. The zero-order chi connectivity index (χ0) is 15.0. The van der Waals surface area contributed by atoms with Gasteiger partial charge in [0.2, 0.25) is 0 Å². The molecular formula is C22H18Cl2Ti. The summed E-state index contributed by atoms with van der Waals surface area (Å²) in [5.41, 5.74) is 5.17. The van der Waals surface area contributed by atoms with Crippen LogP contribution in [-0.2, 0) is 21.7 Å². The van der Waals surface area contributed by atoms with E-state index in [1.165, 1.54) is 22.3 Å². The fraction of sp³-hybridized carbons (Fsp3) is 0. The van der Waals surface area contributed by atoms with Gasteiger partial charge in [-0.05, 0) is 0 Å². The van der Waals surface area contributed by atoms with Gasteiger partial charge in [0.05, 0.1) is 0 Å². The molecule has 0 aromatic heterocycles. The molecular weight excluding hydrogens is 383 g/mol. The predicted octanol–water partition coefficient (Wildman–Crippen LogP) is 0.151. The SMILES string of the molecule is [Cl-].[Cl-].[Ti+4].c1ccc(-[c-]2cccc2)cc1.c1ccc(-[c-]2cccc2)cc1. The van der Waals surface area contributed by atoms with Crippen molar-refractivity contribution in [1.82, 2.24) is 0 Å².